The minimum absolute atomic E-state index is 0.0254. The molecule has 3 nitrogen and oxygen atoms in total. The zero-order valence-electron chi connectivity index (χ0n) is 5.16. The van der Waals surface area contributed by atoms with Crippen molar-refractivity contribution in [3.05, 3.63) is 12.8 Å². The smallest absolute Gasteiger partial charge is 0.342 e. The summed E-state index contributed by atoms with van der Waals surface area (Å²) in [5.41, 5.74) is 0. The molecule has 2 unspecified atom stereocenters. The molecule has 0 aromatic rings. The van der Waals surface area contributed by atoms with Gasteiger partial charge < -0.3 is 9.47 Å². The summed E-state index contributed by atoms with van der Waals surface area (Å²) in [6.45, 7) is 5.05. The topological polar surface area (TPSA) is 38.8 Å². The third kappa shape index (κ3) is 1.29. The van der Waals surface area contributed by atoms with Gasteiger partial charge in [0.2, 0.25) is 0 Å². The van der Waals surface area contributed by atoms with E-state index in [1.54, 1.807) is 0 Å². The molecule has 0 aliphatic carbocycles. The largest absolute Gasteiger partial charge is 0.433 e. The molecule has 1 fully saturated rings. The maximum absolute atomic E-state index is 10.6. The Morgan fingerprint density at radius 3 is 2.78 bits per heavy atom. The first kappa shape index (κ1) is 6.29. The quantitative estimate of drug-likeness (QED) is 0.308. The lowest BCUT2D eigenvalue weighted by molar-refractivity contribution is -0.139. The van der Waals surface area contributed by atoms with Crippen molar-refractivity contribution in [2.75, 3.05) is 0 Å². The van der Waals surface area contributed by atoms with Crippen LogP contribution in [0.15, 0.2) is 12.8 Å². The van der Waals surface area contributed by atoms with Crippen LogP contribution in [0.4, 0.5) is 0 Å². The lowest BCUT2D eigenvalue weighted by Gasteiger charge is -1.89. The first-order valence-corrected chi connectivity index (χ1v) is 2.72. The Balaban J connectivity index is 2.27. The van der Waals surface area contributed by atoms with Crippen molar-refractivity contribution in [2.24, 2.45) is 0 Å². The summed E-state index contributed by atoms with van der Waals surface area (Å²) < 4.78 is 9.25. The van der Waals surface area contributed by atoms with Crippen LogP contribution in [0.5, 0.6) is 0 Å². The number of hydrogen-bond donors (Lipinski definition) is 0. The molecule has 0 aromatic heterocycles. The number of hydrogen-bond acceptors (Lipinski definition) is 3. The maximum atomic E-state index is 10.6. The Labute approximate surface area is 53.3 Å². The van der Waals surface area contributed by atoms with Gasteiger partial charge in [0.1, 0.15) is 0 Å². The average Bonchev–Trinajstić information content (AvgIpc) is 2.47. The summed E-state index contributed by atoms with van der Waals surface area (Å²) in [6, 6.07) is 0. The summed E-state index contributed by atoms with van der Waals surface area (Å²) in [5, 5.41) is 0. The van der Waals surface area contributed by atoms with E-state index in [4.69, 9.17) is 4.74 Å². The molecule has 0 amide bonds. The Kier molecular flexibility index (Phi) is 1.53. The Morgan fingerprint density at radius 1 is 1.89 bits per heavy atom. The van der Waals surface area contributed by atoms with Gasteiger partial charge in [-0.05, 0) is 6.92 Å². The first-order chi connectivity index (χ1) is 4.25. The van der Waals surface area contributed by atoms with Gasteiger partial charge >= 0.3 is 5.97 Å². The van der Waals surface area contributed by atoms with Gasteiger partial charge in [-0.3, -0.25) is 0 Å². The van der Waals surface area contributed by atoms with Crippen molar-refractivity contribution in [1.82, 2.24) is 0 Å². The lowest BCUT2D eigenvalue weighted by atomic mass is 10.3. The number of rotatable bonds is 2. The number of carbonyl (C=O) groups excluding carboxylic acids is 1. The zero-order chi connectivity index (χ0) is 6.85. The molecule has 9 heavy (non-hydrogen) atoms. The van der Waals surface area contributed by atoms with Gasteiger partial charge in [-0.1, -0.05) is 6.58 Å². The molecule has 0 aromatic carbocycles. The van der Waals surface area contributed by atoms with Gasteiger partial charge in [-0.2, -0.15) is 0 Å². The molecule has 0 radical (unpaired) electrons. The summed E-state index contributed by atoms with van der Waals surface area (Å²) >= 11 is 0. The van der Waals surface area contributed by atoms with Crippen LogP contribution >= 0.6 is 0 Å². The molecular formula is C6H8O3. The van der Waals surface area contributed by atoms with Gasteiger partial charge in [-0.15, -0.1) is 0 Å². The third-order valence-corrected chi connectivity index (χ3v) is 1.14. The van der Waals surface area contributed by atoms with Crippen LogP contribution in [0.25, 0.3) is 0 Å². The minimum atomic E-state index is -0.350. The highest BCUT2D eigenvalue weighted by molar-refractivity contribution is 5.78. The molecule has 1 aliphatic rings. The van der Waals surface area contributed by atoms with E-state index >= 15 is 0 Å². The Hall–Kier alpha value is -0.830. The zero-order valence-corrected chi connectivity index (χ0v) is 5.16. The molecule has 0 spiro atoms. The van der Waals surface area contributed by atoms with Crippen LogP contribution in [0.1, 0.15) is 6.92 Å². The van der Waals surface area contributed by atoms with E-state index in [1.807, 2.05) is 6.92 Å². The lowest BCUT2D eigenvalue weighted by Crippen LogP contribution is -2.09. The standard InChI is InChI=1S/C6H8O3/c1-3-8-6(7)5-4(2)9-5/h3-5H,1H2,2H3. The van der Waals surface area contributed by atoms with Gasteiger partial charge in [0.05, 0.1) is 12.4 Å². The van der Waals surface area contributed by atoms with E-state index in [0.29, 0.717) is 0 Å². The number of carbonyl (C=O) groups is 1. The first-order valence-electron chi connectivity index (χ1n) is 2.72. The van der Waals surface area contributed by atoms with Crippen LogP contribution in [-0.4, -0.2) is 18.2 Å². The van der Waals surface area contributed by atoms with Crippen LogP contribution < -0.4 is 0 Å². The summed E-state index contributed by atoms with van der Waals surface area (Å²) in [7, 11) is 0. The van der Waals surface area contributed by atoms with Gasteiger partial charge in [0.15, 0.2) is 6.10 Å². The normalized spacial score (nSPS) is 31.2. The second-order valence-electron chi connectivity index (χ2n) is 1.87. The van der Waals surface area contributed by atoms with Crippen molar-refractivity contribution in [1.29, 1.82) is 0 Å². The fraction of sp³-hybridized carbons (Fsp3) is 0.500. The van der Waals surface area contributed by atoms with E-state index < -0.39 is 0 Å². The fourth-order valence-electron chi connectivity index (χ4n) is 0.582. The average molecular weight is 128 g/mol. The predicted molar refractivity (Wildman–Crippen MR) is 30.6 cm³/mol. The minimum Gasteiger partial charge on any atom is -0.433 e. The van der Waals surface area contributed by atoms with Crippen molar-refractivity contribution in [2.45, 2.75) is 19.1 Å². The van der Waals surface area contributed by atoms with Crippen LogP contribution in [0.3, 0.4) is 0 Å². The summed E-state index contributed by atoms with van der Waals surface area (Å²) in [6.07, 6.45) is 0.789. The second kappa shape index (κ2) is 2.19. The predicted octanol–water partition coefficient (Wildman–Crippen LogP) is 0.460. The molecular weight excluding hydrogens is 120 g/mol. The van der Waals surface area contributed by atoms with E-state index in [2.05, 4.69) is 11.3 Å². The van der Waals surface area contributed by atoms with Crippen LogP contribution in [0.2, 0.25) is 0 Å². The number of esters is 1. The fourth-order valence-corrected chi connectivity index (χ4v) is 0.582. The molecule has 1 saturated heterocycles. The molecule has 1 rings (SSSR count). The molecule has 0 N–H and O–H groups in total. The van der Waals surface area contributed by atoms with Crippen molar-refractivity contribution in [3.8, 4) is 0 Å². The van der Waals surface area contributed by atoms with Crippen molar-refractivity contribution >= 4 is 5.97 Å². The molecule has 50 valence electrons. The van der Waals surface area contributed by atoms with E-state index in [0.717, 1.165) is 6.26 Å². The van der Waals surface area contributed by atoms with Gasteiger partial charge in [0, 0.05) is 0 Å². The van der Waals surface area contributed by atoms with Crippen molar-refractivity contribution in [3.63, 3.8) is 0 Å². The number of ether oxygens (including phenoxy) is 2. The monoisotopic (exact) mass is 128 g/mol. The number of epoxide rings is 1. The molecule has 1 aliphatic heterocycles. The second-order valence-corrected chi connectivity index (χ2v) is 1.87. The van der Waals surface area contributed by atoms with Gasteiger partial charge in [-0.25, -0.2) is 4.79 Å². The van der Waals surface area contributed by atoms with Crippen LogP contribution in [-0.2, 0) is 14.3 Å². The van der Waals surface area contributed by atoms with Crippen molar-refractivity contribution < 1.29 is 14.3 Å². The SMILES string of the molecule is C=COC(=O)C1OC1C. The molecule has 3 heteroatoms. The molecule has 1 heterocycles. The Morgan fingerprint density at radius 2 is 2.44 bits per heavy atom. The van der Waals surface area contributed by atoms with E-state index in [1.165, 1.54) is 0 Å². The van der Waals surface area contributed by atoms with Gasteiger partial charge in [0.25, 0.3) is 0 Å². The summed E-state index contributed by atoms with van der Waals surface area (Å²) in [5.74, 6) is -0.350. The van der Waals surface area contributed by atoms with E-state index in [9.17, 15) is 4.79 Å². The molecule has 2 atom stereocenters. The maximum Gasteiger partial charge on any atom is 0.342 e. The Bertz CT molecular complexity index is 141. The highest BCUT2D eigenvalue weighted by atomic mass is 16.6. The highest BCUT2D eigenvalue weighted by Gasteiger charge is 2.42. The van der Waals surface area contributed by atoms with Crippen LogP contribution in [0, 0.1) is 0 Å². The van der Waals surface area contributed by atoms with E-state index in [-0.39, 0.29) is 18.2 Å². The third-order valence-electron chi connectivity index (χ3n) is 1.14. The molecule has 0 saturated carbocycles. The highest BCUT2D eigenvalue weighted by Crippen LogP contribution is 2.21. The molecule has 0 bridgehead atoms. The summed E-state index contributed by atoms with van der Waals surface area (Å²) in [4.78, 5) is 10.6.